The van der Waals surface area contributed by atoms with Gasteiger partial charge >= 0.3 is 0 Å². The van der Waals surface area contributed by atoms with Crippen LogP contribution >= 0.6 is 0 Å². The van der Waals surface area contributed by atoms with Crippen molar-refractivity contribution < 1.29 is 4.42 Å². The summed E-state index contributed by atoms with van der Waals surface area (Å²) in [6, 6.07) is 98.4. The van der Waals surface area contributed by atoms with Crippen LogP contribution in [0.5, 0.6) is 0 Å². The summed E-state index contributed by atoms with van der Waals surface area (Å²) in [5, 5.41) is 37.2. The normalized spacial score (nSPS) is 12.8. The van der Waals surface area contributed by atoms with Gasteiger partial charge in [0.1, 0.15) is 28.9 Å². The number of aromatic nitrogens is 5. The Labute approximate surface area is 603 Å². The summed E-state index contributed by atoms with van der Waals surface area (Å²) in [6.45, 7) is 25.4. The van der Waals surface area contributed by atoms with Crippen LogP contribution in [0.4, 0.5) is 0 Å². The number of furan rings is 1. The summed E-state index contributed by atoms with van der Waals surface area (Å²) in [7, 11) is 0. The van der Waals surface area contributed by atoms with Crippen molar-refractivity contribution in [3.8, 4) is 40.6 Å². The molecule has 0 N–H and O–H groups in total. The van der Waals surface area contributed by atoms with Gasteiger partial charge in [-0.3, -0.25) is 0 Å². The van der Waals surface area contributed by atoms with Crippen LogP contribution in [-0.4, -0.2) is 22.8 Å². The molecule has 0 unspecified atom stereocenters. The average Bonchev–Trinajstić information content (AvgIpc) is 1.53. The molecule has 502 valence electrons. The Balaban J connectivity index is 0.846. The number of hydrogen-bond donors (Lipinski definition) is 0. The minimum Gasteiger partial charge on any atom is -0.456 e. The minimum atomic E-state index is -0.410. The molecule has 0 spiro atoms. The third-order valence-electron chi connectivity index (χ3n) is 22.6. The maximum Gasteiger partial charge on any atom is 0.139 e. The molecule has 0 aliphatic carbocycles. The SMILES string of the molecule is CC(C)(C)c1ccc2c(c1)c1cc(C(C)(C)C)ccc1n2-c1c(C#N)cc2c(c1-n1c3ccc(C(C)(C)C)cc3c3cc(C(C)(C)Cc4ccc5c6ccccc6n(-c6cc7oc8ccccc8c7c(-n7c8ccccc8c8ccccc87)c6C#N)c5c4)ccc31)c1ccccc1n2-c1ccccc1. The fourth-order valence-corrected chi connectivity index (χ4v) is 17.4. The Morgan fingerprint density at radius 3 is 1.24 bits per heavy atom. The lowest BCUT2D eigenvalue weighted by Crippen LogP contribution is -2.20. The molecule has 13 aromatic carbocycles. The van der Waals surface area contributed by atoms with E-state index >= 15 is 0 Å². The third-order valence-corrected chi connectivity index (χ3v) is 22.6. The maximum absolute atomic E-state index is 12.1. The second kappa shape index (κ2) is 22.3. The van der Waals surface area contributed by atoms with E-state index in [2.05, 4.69) is 354 Å². The van der Waals surface area contributed by atoms with Crippen molar-refractivity contribution in [2.24, 2.45) is 0 Å². The van der Waals surface area contributed by atoms with E-state index in [1.807, 2.05) is 12.1 Å². The van der Waals surface area contributed by atoms with E-state index in [0.29, 0.717) is 23.1 Å². The van der Waals surface area contributed by atoms with Gasteiger partial charge in [0.2, 0.25) is 0 Å². The van der Waals surface area contributed by atoms with Gasteiger partial charge < -0.3 is 27.3 Å². The van der Waals surface area contributed by atoms with E-state index in [1.54, 1.807) is 0 Å². The van der Waals surface area contributed by atoms with E-state index in [4.69, 9.17) is 4.42 Å². The number of nitriles is 2. The van der Waals surface area contributed by atoms with Gasteiger partial charge in [0.05, 0.1) is 88.9 Å². The number of hydrogen-bond acceptors (Lipinski definition) is 3. The standard InChI is InChI=1S/C96H77N7O/c1-93(2,3)59-38-43-79-70(49-59)71-50-60(94(4,5)6)39-44-80(71)101(79)90-58(55-97)48-85-88(68-30-18-23-35-78(68)99(85)63-25-13-12-14-26-63)92(90)103-81-45-40-61(95(7,8)9)51-72(81)73-52-62(41-46-82(73)103)96(10,11)54-57-37-42-67-66-29-15-20-32-75(66)100(83(67)47-57)84-53-87-89(69-31-19-24-36-86(69)104-87)91(74(84)56-98)102-76-33-21-16-27-64(76)65-28-17-22-34-77(65)102/h12-53H,54H2,1-11H3. The molecule has 0 fully saturated rings. The summed E-state index contributed by atoms with van der Waals surface area (Å²) in [6.07, 6.45) is 0.706. The first-order valence-corrected chi connectivity index (χ1v) is 36.3. The zero-order chi connectivity index (χ0) is 71.2. The molecule has 0 atom stereocenters. The molecule has 0 saturated carbocycles. The lowest BCUT2D eigenvalue weighted by molar-refractivity contribution is 0.523. The molecule has 0 amide bonds. The van der Waals surface area contributed by atoms with Crippen LogP contribution in [0.3, 0.4) is 0 Å². The van der Waals surface area contributed by atoms with Gasteiger partial charge in [0.15, 0.2) is 0 Å². The summed E-state index contributed by atoms with van der Waals surface area (Å²) in [5.74, 6) is 0. The van der Waals surface area contributed by atoms with E-state index in [0.717, 1.165) is 154 Å². The molecular formula is C96H77N7O. The largest absolute Gasteiger partial charge is 0.456 e. The number of benzene rings is 13. The topological polar surface area (TPSA) is 85.4 Å². The summed E-state index contributed by atoms with van der Waals surface area (Å²) < 4.78 is 18.8. The van der Waals surface area contributed by atoms with Crippen LogP contribution in [0.15, 0.2) is 259 Å². The van der Waals surface area contributed by atoms with Crippen molar-refractivity contribution in [3.05, 3.63) is 294 Å². The van der Waals surface area contributed by atoms with Crippen molar-refractivity contribution in [1.29, 1.82) is 10.5 Å². The van der Waals surface area contributed by atoms with Crippen molar-refractivity contribution in [2.45, 2.75) is 104 Å². The Kier molecular flexibility index (Phi) is 13.4. The number of para-hydroxylation sites is 6. The lowest BCUT2D eigenvalue weighted by atomic mass is 9.78. The molecule has 8 nitrogen and oxygen atoms in total. The summed E-state index contributed by atoms with van der Waals surface area (Å²) >= 11 is 0. The molecule has 19 rings (SSSR count). The molecular weight excluding hydrogens is 1270 g/mol. The predicted molar refractivity (Wildman–Crippen MR) is 434 cm³/mol. The van der Waals surface area contributed by atoms with E-state index < -0.39 is 5.41 Å². The lowest BCUT2D eigenvalue weighted by Gasteiger charge is -2.26. The fourth-order valence-electron chi connectivity index (χ4n) is 17.4. The Morgan fingerprint density at radius 1 is 0.298 bits per heavy atom. The van der Waals surface area contributed by atoms with Gasteiger partial charge in [-0.15, -0.1) is 0 Å². The van der Waals surface area contributed by atoms with Gasteiger partial charge in [0.25, 0.3) is 0 Å². The Morgan fingerprint density at radius 2 is 0.721 bits per heavy atom. The molecule has 8 heteroatoms. The summed E-state index contributed by atoms with van der Waals surface area (Å²) in [5.41, 5.74) is 22.5. The zero-order valence-corrected chi connectivity index (χ0v) is 60.5. The quantitative estimate of drug-likeness (QED) is 0.152. The zero-order valence-electron chi connectivity index (χ0n) is 60.5. The van der Waals surface area contributed by atoms with Crippen molar-refractivity contribution in [2.75, 3.05) is 0 Å². The van der Waals surface area contributed by atoms with Gasteiger partial charge in [-0.25, -0.2) is 0 Å². The van der Waals surface area contributed by atoms with Crippen LogP contribution in [0.1, 0.15) is 115 Å². The van der Waals surface area contributed by atoms with Gasteiger partial charge in [-0.1, -0.05) is 222 Å². The fraction of sp³-hybridized carbons (Fsp3) is 0.167. The highest BCUT2D eigenvalue weighted by Crippen LogP contribution is 2.50. The van der Waals surface area contributed by atoms with Crippen molar-refractivity contribution in [1.82, 2.24) is 22.8 Å². The minimum absolute atomic E-state index is 0.111. The van der Waals surface area contributed by atoms with Crippen LogP contribution in [0.2, 0.25) is 0 Å². The molecule has 6 aromatic heterocycles. The second-order valence-corrected chi connectivity index (χ2v) is 32.5. The molecule has 0 aliphatic rings. The highest BCUT2D eigenvalue weighted by molar-refractivity contribution is 6.21. The molecule has 0 aliphatic heterocycles. The molecule has 6 heterocycles. The third kappa shape index (κ3) is 9.20. The molecule has 0 saturated heterocycles. The highest BCUT2D eigenvalue weighted by atomic mass is 16.3. The number of nitrogens with zero attached hydrogens (tertiary/aromatic N) is 7. The second-order valence-electron chi connectivity index (χ2n) is 32.5. The molecule has 0 radical (unpaired) electrons. The van der Waals surface area contributed by atoms with E-state index in [9.17, 15) is 10.5 Å². The molecule has 19 aromatic rings. The maximum atomic E-state index is 12.1. The van der Waals surface area contributed by atoms with Crippen LogP contribution in [0, 0.1) is 22.7 Å². The Bertz CT molecular complexity index is 6870. The first kappa shape index (κ1) is 62.6. The number of rotatable bonds is 8. The average molecular weight is 1340 g/mol. The van der Waals surface area contributed by atoms with E-state index in [1.165, 1.54) is 27.8 Å². The highest BCUT2D eigenvalue weighted by Gasteiger charge is 2.33. The van der Waals surface area contributed by atoms with E-state index in [-0.39, 0.29) is 16.2 Å². The van der Waals surface area contributed by atoms with Crippen LogP contribution in [0.25, 0.3) is 159 Å². The Hall–Kier alpha value is -12.4. The first-order chi connectivity index (χ1) is 50.2. The summed E-state index contributed by atoms with van der Waals surface area (Å²) in [4.78, 5) is 0. The number of fused-ring (bicyclic) bond motifs is 18. The van der Waals surface area contributed by atoms with Crippen molar-refractivity contribution in [3.63, 3.8) is 0 Å². The van der Waals surface area contributed by atoms with Crippen LogP contribution < -0.4 is 0 Å². The van der Waals surface area contributed by atoms with Gasteiger partial charge in [0, 0.05) is 71.0 Å². The monoisotopic (exact) mass is 1340 g/mol. The smallest absolute Gasteiger partial charge is 0.139 e. The van der Waals surface area contributed by atoms with Crippen LogP contribution in [-0.2, 0) is 28.1 Å². The van der Waals surface area contributed by atoms with Gasteiger partial charge in [-0.05, 0) is 159 Å². The molecule has 0 bridgehead atoms. The molecule has 104 heavy (non-hydrogen) atoms. The van der Waals surface area contributed by atoms with Crippen molar-refractivity contribution >= 4 is 131 Å². The first-order valence-electron chi connectivity index (χ1n) is 36.3. The van der Waals surface area contributed by atoms with Gasteiger partial charge in [-0.2, -0.15) is 10.5 Å². The predicted octanol–water partition coefficient (Wildman–Crippen LogP) is 25.2.